The van der Waals surface area contributed by atoms with Crippen molar-refractivity contribution in [2.45, 2.75) is 40.7 Å². The van der Waals surface area contributed by atoms with E-state index in [4.69, 9.17) is 0 Å². The van der Waals surface area contributed by atoms with Gasteiger partial charge in [-0.3, -0.25) is 9.67 Å². The zero-order valence-electron chi connectivity index (χ0n) is 11.6. The average Bonchev–Trinajstić information content (AvgIpc) is 2.75. The molecular weight excluding hydrogens is 290 g/mol. The van der Waals surface area contributed by atoms with Gasteiger partial charge in [-0.2, -0.15) is 5.10 Å². The Bertz CT molecular complexity index is 503. The van der Waals surface area contributed by atoms with Gasteiger partial charge >= 0.3 is 0 Å². The van der Waals surface area contributed by atoms with Crippen molar-refractivity contribution in [2.75, 3.05) is 0 Å². The van der Waals surface area contributed by atoms with Crippen LogP contribution in [0.15, 0.2) is 29.0 Å². The highest BCUT2D eigenvalue weighted by molar-refractivity contribution is 9.10. The first-order chi connectivity index (χ1) is 8.59. The maximum absolute atomic E-state index is 4.56. The van der Waals surface area contributed by atoms with Gasteiger partial charge in [-0.05, 0) is 54.4 Å². The van der Waals surface area contributed by atoms with Crippen molar-refractivity contribution >= 4 is 15.9 Å². The number of aromatic nitrogens is 3. The second kappa shape index (κ2) is 6.69. The smallest absolute Gasteiger partial charge is 0.115 e. The fourth-order valence-electron chi connectivity index (χ4n) is 1.54. The Morgan fingerprint density at radius 2 is 1.89 bits per heavy atom. The van der Waals surface area contributed by atoms with Crippen LogP contribution in [0.5, 0.6) is 0 Å². The van der Waals surface area contributed by atoms with E-state index in [-0.39, 0.29) is 0 Å². The number of halogens is 1. The fourth-order valence-corrected chi connectivity index (χ4v) is 1.98. The van der Waals surface area contributed by atoms with Gasteiger partial charge in [0.25, 0.3) is 0 Å². The van der Waals surface area contributed by atoms with Crippen LogP contribution in [0, 0.1) is 6.92 Å². The van der Waals surface area contributed by atoms with Crippen molar-refractivity contribution in [3.8, 4) is 11.4 Å². The highest BCUT2D eigenvalue weighted by Gasteiger charge is 2.12. The summed E-state index contributed by atoms with van der Waals surface area (Å²) in [6, 6.07) is 4.26. The topological polar surface area (TPSA) is 30.7 Å². The maximum atomic E-state index is 4.56. The van der Waals surface area contributed by atoms with Crippen molar-refractivity contribution in [2.24, 2.45) is 0 Å². The molecule has 4 heteroatoms. The minimum atomic E-state index is 0.370. The number of hydrogen-bond donors (Lipinski definition) is 0. The van der Waals surface area contributed by atoms with Crippen LogP contribution in [0.2, 0.25) is 0 Å². The summed E-state index contributed by atoms with van der Waals surface area (Å²) in [5, 5.41) is 4.56. The molecule has 0 unspecified atom stereocenters. The van der Waals surface area contributed by atoms with E-state index in [9.17, 15) is 0 Å². The van der Waals surface area contributed by atoms with Crippen molar-refractivity contribution < 1.29 is 0 Å². The van der Waals surface area contributed by atoms with Crippen LogP contribution >= 0.6 is 15.9 Å². The third-order valence-corrected chi connectivity index (χ3v) is 3.07. The molecule has 0 aromatic carbocycles. The molecule has 3 nitrogen and oxygen atoms in total. The molecule has 2 aromatic heterocycles. The lowest BCUT2D eigenvalue weighted by Gasteiger charge is -2.04. The summed E-state index contributed by atoms with van der Waals surface area (Å²) < 4.78 is 2.94. The third-order valence-electron chi connectivity index (χ3n) is 2.43. The predicted molar refractivity (Wildman–Crippen MR) is 79.6 cm³/mol. The van der Waals surface area contributed by atoms with Crippen molar-refractivity contribution in [1.29, 1.82) is 0 Å². The summed E-state index contributed by atoms with van der Waals surface area (Å²) in [6.07, 6.45) is 3.84. The minimum Gasteiger partial charge on any atom is -0.269 e. The predicted octanol–water partition coefficient (Wildman–Crippen LogP) is 4.62. The van der Waals surface area contributed by atoms with Gasteiger partial charge in [-0.15, -0.1) is 0 Å². The van der Waals surface area contributed by atoms with Gasteiger partial charge in [-0.1, -0.05) is 13.8 Å². The molecule has 0 radical (unpaired) electrons. The van der Waals surface area contributed by atoms with E-state index in [1.54, 1.807) is 6.20 Å². The second-order valence-corrected chi connectivity index (χ2v) is 4.92. The summed E-state index contributed by atoms with van der Waals surface area (Å²) in [5.74, 6) is 0. The summed E-state index contributed by atoms with van der Waals surface area (Å²) in [5.41, 5.74) is 2.99. The lowest BCUT2D eigenvalue weighted by atomic mass is 10.2. The Balaban J connectivity index is 0.000000771. The van der Waals surface area contributed by atoms with E-state index in [1.165, 1.54) is 0 Å². The Labute approximate surface area is 117 Å². The van der Waals surface area contributed by atoms with E-state index in [2.05, 4.69) is 53.0 Å². The van der Waals surface area contributed by atoms with Gasteiger partial charge < -0.3 is 0 Å². The lowest BCUT2D eigenvalue weighted by molar-refractivity contribution is 0.533. The number of aryl methyl sites for hydroxylation is 1. The van der Waals surface area contributed by atoms with Crippen LogP contribution < -0.4 is 0 Å². The average molecular weight is 310 g/mol. The molecule has 0 amide bonds. The fraction of sp³-hybridized carbons (Fsp3) is 0.429. The quantitative estimate of drug-likeness (QED) is 0.810. The van der Waals surface area contributed by atoms with E-state index < -0.39 is 0 Å². The van der Waals surface area contributed by atoms with E-state index >= 15 is 0 Å². The van der Waals surface area contributed by atoms with E-state index in [1.807, 2.05) is 30.7 Å². The summed E-state index contributed by atoms with van der Waals surface area (Å²) in [6.45, 7) is 10.3. The molecule has 18 heavy (non-hydrogen) atoms. The van der Waals surface area contributed by atoms with Gasteiger partial charge in [0.15, 0.2) is 0 Å². The van der Waals surface area contributed by atoms with Gasteiger partial charge in [0.05, 0.1) is 0 Å². The van der Waals surface area contributed by atoms with Crippen LogP contribution in [-0.4, -0.2) is 14.8 Å². The van der Waals surface area contributed by atoms with Gasteiger partial charge in [0.1, 0.15) is 11.4 Å². The zero-order chi connectivity index (χ0) is 13.7. The molecule has 2 heterocycles. The minimum absolute atomic E-state index is 0.370. The Hall–Kier alpha value is -1.16. The molecule has 0 N–H and O–H groups in total. The highest BCUT2D eigenvalue weighted by Crippen LogP contribution is 2.27. The number of nitrogens with zero attached hydrogens (tertiary/aromatic N) is 3. The Morgan fingerprint density at radius 3 is 2.39 bits per heavy atom. The molecule has 0 saturated carbocycles. The van der Waals surface area contributed by atoms with Gasteiger partial charge in [-0.25, -0.2) is 0 Å². The summed E-state index contributed by atoms with van der Waals surface area (Å²) in [4.78, 5) is 4.36. The molecule has 0 bridgehead atoms. The SMILES string of the molecule is CC.Cc1cn(C(C)C)nc1-c1ncccc1Br. The summed E-state index contributed by atoms with van der Waals surface area (Å²) in [7, 11) is 0. The van der Waals surface area contributed by atoms with Crippen LogP contribution in [-0.2, 0) is 0 Å². The van der Waals surface area contributed by atoms with Crippen LogP contribution in [0.25, 0.3) is 11.4 Å². The standard InChI is InChI=1S/C12H14BrN3.C2H6/c1-8(2)16-7-9(3)11(15-16)12-10(13)5-4-6-14-12;1-2/h4-8H,1-3H3;1-2H3. The molecule has 0 saturated heterocycles. The van der Waals surface area contributed by atoms with Crippen molar-refractivity contribution in [3.05, 3.63) is 34.6 Å². The maximum Gasteiger partial charge on any atom is 0.115 e. The van der Waals surface area contributed by atoms with E-state index in [0.29, 0.717) is 6.04 Å². The van der Waals surface area contributed by atoms with E-state index in [0.717, 1.165) is 21.4 Å². The molecule has 0 aliphatic heterocycles. The molecule has 2 aromatic rings. The first-order valence-electron chi connectivity index (χ1n) is 6.26. The van der Waals surface area contributed by atoms with Crippen molar-refractivity contribution in [3.63, 3.8) is 0 Å². The van der Waals surface area contributed by atoms with Gasteiger partial charge in [0.2, 0.25) is 0 Å². The molecule has 0 spiro atoms. The van der Waals surface area contributed by atoms with Crippen LogP contribution in [0.1, 0.15) is 39.3 Å². The highest BCUT2D eigenvalue weighted by atomic mass is 79.9. The molecule has 2 rings (SSSR count). The number of rotatable bonds is 2. The molecule has 0 aliphatic carbocycles. The molecule has 0 fully saturated rings. The number of pyridine rings is 1. The summed E-state index contributed by atoms with van der Waals surface area (Å²) >= 11 is 3.50. The van der Waals surface area contributed by atoms with Crippen LogP contribution in [0.4, 0.5) is 0 Å². The Morgan fingerprint density at radius 1 is 1.22 bits per heavy atom. The lowest BCUT2D eigenvalue weighted by Crippen LogP contribution is -2.01. The molecular formula is C14H20BrN3. The molecule has 0 aliphatic rings. The molecule has 0 atom stereocenters. The largest absolute Gasteiger partial charge is 0.269 e. The second-order valence-electron chi connectivity index (χ2n) is 4.07. The Kier molecular flexibility index (Phi) is 5.54. The van der Waals surface area contributed by atoms with Gasteiger partial charge in [0, 0.05) is 22.9 Å². The zero-order valence-corrected chi connectivity index (χ0v) is 13.2. The monoisotopic (exact) mass is 309 g/mol. The van der Waals surface area contributed by atoms with Crippen molar-refractivity contribution in [1.82, 2.24) is 14.8 Å². The molecule has 98 valence electrons. The first-order valence-corrected chi connectivity index (χ1v) is 7.05. The number of hydrogen-bond acceptors (Lipinski definition) is 2. The van der Waals surface area contributed by atoms with Crippen LogP contribution in [0.3, 0.4) is 0 Å². The third kappa shape index (κ3) is 3.19. The normalized spacial score (nSPS) is 10.2. The first kappa shape index (κ1) is 14.9.